The lowest BCUT2D eigenvalue weighted by molar-refractivity contribution is 0.128. The molecule has 0 amide bonds. The summed E-state index contributed by atoms with van der Waals surface area (Å²) in [5.74, 6) is 4.71. The molecule has 0 N–H and O–H groups in total. The highest BCUT2D eigenvalue weighted by Crippen LogP contribution is 2.53. The van der Waals surface area contributed by atoms with E-state index < -0.39 is 0 Å². The van der Waals surface area contributed by atoms with Gasteiger partial charge < -0.3 is 4.74 Å². The van der Waals surface area contributed by atoms with Crippen molar-refractivity contribution in [2.45, 2.75) is 62.8 Å². The number of hydrogen-bond donors (Lipinski definition) is 0. The first-order valence-electron chi connectivity index (χ1n) is 10.0. The van der Waals surface area contributed by atoms with Crippen molar-refractivity contribution in [2.75, 3.05) is 12.4 Å². The van der Waals surface area contributed by atoms with Crippen LogP contribution in [0, 0.1) is 17.8 Å². The normalized spacial score (nSPS) is 31.7. The first-order valence-corrected chi connectivity index (χ1v) is 11.9. The zero-order chi connectivity index (χ0) is 17.5. The van der Waals surface area contributed by atoms with Gasteiger partial charge in [0.2, 0.25) is 0 Å². The number of ether oxygens (including phenoxy) is 1. The molecule has 140 valence electrons. The van der Waals surface area contributed by atoms with Gasteiger partial charge in [0.05, 0.1) is 11.0 Å². The molecule has 2 saturated carbocycles. The van der Waals surface area contributed by atoms with Gasteiger partial charge in [-0.25, -0.2) is 0 Å². The third kappa shape index (κ3) is 3.14. The van der Waals surface area contributed by atoms with E-state index in [0.717, 1.165) is 41.1 Å². The molecule has 6 heteroatoms. The van der Waals surface area contributed by atoms with E-state index in [1.807, 2.05) is 11.8 Å². The number of thioether (sulfide) groups is 1. The Morgan fingerprint density at radius 3 is 2.96 bits per heavy atom. The number of rotatable bonds is 6. The van der Waals surface area contributed by atoms with Gasteiger partial charge in [0.1, 0.15) is 0 Å². The molecule has 0 spiro atoms. The lowest BCUT2D eigenvalue weighted by Gasteiger charge is -2.30. The van der Waals surface area contributed by atoms with Gasteiger partial charge in [-0.2, -0.15) is 0 Å². The van der Waals surface area contributed by atoms with Crippen LogP contribution in [0.1, 0.15) is 51.5 Å². The molecule has 5 unspecified atom stereocenters. The number of hydrogen-bond acceptors (Lipinski definition) is 5. The molecule has 26 heavy (non-hydrogen) atoms. The molecule has 0 aromatic carbocycles. The average Bonchev–Trinajstić information content (AvgIpc) is 3.47. The topological polar surface area (TPSA) is 39.9 Å². The number of nitrogens with zero attached hydrogens (tertiary/aromatic N) is 3. The van der Waals surface area contributed by atoms with Gasteiger partial charge in [0.25, 0.3) is 0 Å². The number of fused-ring (bicyclic) bond motifs is 2. The molecule has 5 rings (SSSR count). The Morgan fingerprint density at radius 2 is 2.27 bits per heavy atom. The predicted octanol–water partition coefficient (Wildman–Crippen LogP) is 5.27. The van der Waals surface area contributed by atoms with Crippen LogP contribution in [0.4, 0.5) is 0 Å². The molecular formula is C20H27N3OS2. The fourth-order valence-electron chi connectivity index (χ4n) is 5.34. The van der Waals surface area contributed by atoms with Crippen LogP contribution in [0.2, 0.25) is 0 Å². The molecule has 2 aliphatic carbocycles. The van der Waals surface area contributed by atoms with Gasteiger partial charge in [-0.05, 0) is 68.2 Å². The van der Waals surface area contributed by atoms with Gasteiger partial charge in [-0.15, -0.1) is 21.5 Å². The first-order chi connectivity index (χ1) is 12.8. The van der Waals surface area contributed by atoms with E-state index >= 15 is 0 Å². The van der Waals surface area contributed by atoms with Crippen LogP contribution in [-0.4, -0.2) is 33.2 Å². The highest BCUT2D eigenvalue weighted by atomic mass is 32.2. The average molecular weight is 390 g/mol. The Labute approximate surface area is 163 Å². The van der Waals surface area contributed by atoms with Crippen LogP contribution in [0.3, 0.4) is 0 Å². The van der Waals surface area contributed by atoms with E-state index in [2.05, 4.69) is 39.2 Å². The van der Waals surface area contributed by atoms with Crippen molar-refractivity contribution < 1.29 is 4.74 Å². The van der Waals surface area contributed by atoms with Crippen molar-refractivity contribution in [2.24, 2.45) is 17.8 Å². The van der Waals surface area contributed by atoms with Crippen molar-refractivity contribution in [1.29, 1.82) is 0 Å². The number of aromatic nitrogens is 3. The summed E-state index contributed by atoms with van der Waals surface area (Å²) in [4.78, 5) is 1.23. The van der Waals surface area contributed by atoms with Gasteiger partial charge in [0.15, 0.2) is 11.0 Å². The maximum absolute atomic E-state index is 5.82. The highest BCUT2D eigenvalue weighted by molar-refractivity contribution is 7.99. The zero-order valence-corrected chi connectivity index (χ0v) is 17.0. The monoisotopic (exact) mass is 389 g/mol. The fraction of sp³-hybridized carbons (Fsp3) is 0.700. The second kappa shape index (κ2) is 7.28. The molecule has 3 fully saturated rings. The fourth-order valence-corrected chi connectivity index (χ4v) is 7.13. The van der Waals surface area contributed by atoms with Crippen molar-refractivity contribution in [3.05, 3.63) is 17.5 Å². The second-order valence-corrected chi connectivity index (χ2v) is 10.1. The van der Waals surface area contributed by atoms with E-state index in [9.17, 15) is 0 Å². The minimum Gasteiger partial charge on any atom is -0.377 e. The van der Waals surface area contributed by atoms with E-state index in [0.29, 0.717) is 12.1 Å². The van der Waals surface area contributed by atoms with Crippen LogP contribution >= 0.6 is 23.1 Å². The van der Waals surface area contributed by atoms with Crippen LogP contribution in [0.15, 0.2) is 22.7 Å². The van der Waals surface area contributed by atoms with Gasteiger partial charge in [-0.3, -0.25) is 4.57 Å². The second-order valence-electron chi connectivity index (χ2n) is 8.18. The van der Waals surface area contributed by atoms with E-state index in [-0.39, 0.29) is 0 Å². The van der Waals surface area contributed by atoms with Crippen molar-refractivity contribution in [3.63, 3.8) is 0 Å². The van der Waals surface area contributed by atoms with Gasteiger partial charge >= 0.3 is 0 Å². The molecule has 2 aromatic rings. The minimum absolute atomic E-state index is 0.383. The van der Waals surface area contributed by atoms with E-state index in [4.69, 9.17) is 4.74 Å². The molecule has 2 aromatic heterocycles. The smallest absolute Gasteiger partial charge is 0.191 e. The molecule has 4 nitrogen and oxygen atoms in total. The Bertz CT molecular complexity index is 738. The lowest BCUT2D eigenvalue weighted by Crippen LogP contribution is -2.23. The summed E-state index contributed by atoms with van der Waals surface area (Å²) in [5, 5.41) is 12.5. The number of thiophene rings is 1. The summed E-state index contributed by atoms with van der Waals surface area (Å²) in [6.07, 6.45) is 8.48. The Morgan fingerprint density at radius 1 is 1.31 bits per heavy atom. The van der Waals surface area contributed by atoms with Crippen molar-refractivity contribution >= 4 is 23.1 Å². The third-order valence-electron chi connectivity index (χ3n) is 6.65. The maximum Gasteiger partial charge on any atom is 0.191 e. The van der Waals surface area contributed by atoms with Crippen LogP contribution in [0.25, 0.3) is 10.7 Å². The molecular weight excluding hydrogens is 362 g/mol. The molecule has 5 atom stereocenters. The largest absolute Gasteiger partial charge is 0.377 e. The molecule has 3 aliphatic rings. The standard InChI is InChI=1S/C20H27N3OS2/c1-13(17-11-14-6-7-15(17)10-14)23-19(18-5-3-9-25-18)21-22-20(23)26-12-16-4-2-8-24-16/h3,5,9,13-17H,2,4,6-8,10-12H2,1H3. The minimum atomic E-state index is 0.383. The molecule has 0 radical (unpaired) electrons. The summed E-state index contributed by atoms with van der Waals surface area (Å²) in [6.45, 7) is 3.32. The van der Waals surface area contributed by atoms with E-state index in [1.165, 1.54) is 43.4 Å². The Balaban J connectivity index is 1.43. The molecule has 3 heterocycles. The van der Waals surface area contributed by atoms with Gasteiger partial charge in [0, 0.05) is 18.4 Å². The highest BCUT2D eigenvalue weighted by Gasteiger charge is 2.43. The zero-order valence-electron chi connectivity index (χ0n) is 15.3. The van der Waals surface area contributed by atoms with Crippen molar-refractivity contribution in [1.82, 2.24) is 14.8 Å². The SMILES string of the molecule is CC(C1CC2CCC1C2)n1c(SCC2CCCO2)nnc1-c1cccs1. The quantitative estimate of drug-likeness (QED) is 0.631. The van der Waals surface area contributed by atoms with Gasteiger partial charge in [-0.1, -0.05) is 24.2 Å². The Hall–Kier alpha value is -0.850. The molecule has 1 aliphatic heterocycles. The first kappa shape index (κ1) is 17.3. The summed E-state index contributed by atoms with van der Waals surface area (Å²) < 4.78 is 8.27. The summed E-state index contributed by atoms with van der Waals surface area (Å²) in [5.41, 5.74) is 0. The van der Waals surface area contributed by atoms with Crippen LogP contribution in [-0.2, 0) is 4.74 Å². The van der Waals surface area contributed by atoms with Crippen LogP contribution in [0.5, 0.6) is 0 Å². The molecule has 2 bridgehead atoms. The Kier molecular flexibility index (Phi) is 4.84. The molecule has 1 saturated heterocycles. The summed E-state index contributed by atoms with van der Waals surface area (Å²) in [7, 11) is 0. The van der Waals surface area contributed by atoms with E-state index in [1.54, 1.807) is 11.3 Å². The summed E-state index contributed by atoms with van der Waals surface area (Å²) in [6, 6.07) is 4.76. The lowest BCUT2D eigenvalue weighted by atomic mass is 9.84. The summed E-state index contributed by atoms with van der Waals surface area (Å²) >= 11 is 3.60. The third-order valence-corrected chi connectivity index (χ3v) is 8.59. The maximum atomic E-state index is 5.82. The predicted molar refractivity (Wildman–Crippen MR) is 107 cm³/mol. The van der Waals surface area contributed by atoms with Crippen LogP contribution < -0.4 is 0 Å². The van der Waals surface area contributed by atoms with Crippen molar-refractivity contribution in [3.8, 4) is 10.7 Å².